The van der Waals surface area contributed by atoms with Gasteiger partial charge in [0.05, 0.1) is 5.56 Å². The Labute approximate surface area is 147 Å². The standard InChI is InChI=1S/C21H23N3O/c1-15-10-12-24(13-11-15)17-8-6-16(7-9-17)23-21(25)19-14-22-20-5-3-2-4-18(19)20/h2-9,14-15,22H,10-13H2,1H3,(H,23,25). The lowest BCUT2D eigenvalue weighted by Gasteiger charge is -2.32. The molecule has 1 aliphatic rings. The van der Waals surface area contributed by atoms with Crippen LogP contribution in [-0.2, 0) is 0 Å². The van der Waals surface area contributed by atoms with E-state index in [4.69, 9.17) is 0 Å². The van der Waals surface area contributed by atoms with Gasteiger partial charge in [-0.05, 0) is 49.1 Å². The second kappa shape index (κ2) is 6.63. The third-order valence-electron chi connectivity index (χ3n) is 5.11. The van der Waals surface area contributed by atoms with Gasteiger partial charge in [0.25, 0.3) is 5.91 Å². The van der Waals surface area contributed by atoms with Gasteiger partial charge in [-0.1, -0.05) is 25.1 Å². The number of aromatic amines is 1. The molecule has 2 N–H and O–H groups in total. The molecule has 4 rings (SSSR count). The summed E-state index contributed by atoms with van der Waals surface area (Å²) in [7, 11) is 0. The molecule has 1 aromatic heterocycles. The summed E-state index contributed by atoms with van der Waals surface area (Å²) in [5.74, 6) is 0.739. The van der Waals surface area contributed by atoms with E-state index in [1.54, 1.807) is 6.20 Å². The number of hydrogen-bond donors (Lipinski definition) is 2. The van der Waals surface area contributed by atoms with Crippen LogP contribution in [0.25, 0.3) is 10.9 Å². The number of anilines is 2. The molecular weight excluding hydrogens is 310 g/mol. The zero-order chi connectivity index (χ0) is 17.2. The van der Waals surface area contributed by atoms with Crippen LogP contribution in [0.5, 0.6) is 0 Å². The first kappa shape index (κ1) is 15.8. The lowest BCUT2D eigenvalue weighted by atomic mass is 9.99. The average molecular weight is 333 g/mol. The van der Waals surface area contributed by atoms with Crippen molar-refractivity contribution in [3.63, 3.8) is 0 Å². The molecule has 3 aromatic rings. The second-order valence-electron chi connectivity index (χ2n) is 6.92. The van der Waals surface area contributed by atoms with Gasteiger partial charge in [-0.2, -0.15) is 0 Å². The predicted octanol–water partition coefficient (Wildman–Crippen LogP) is 4.66. The van der Waals surface area contributed by atoms with E-state index < -0.39 is 0 Å². The summed E-state index contributed by atoms with van der Waals surface area (Å²) in [4.78, 5) is 18.1. The van der Waals surface area contributed by atoms with Crippen LogP contribution in [0.3, 0.4) is 0 Å². The van der Waals surface area contributed by atoms with Crippen molar-refractivity contribution < 1.29 is 4.79 Å². The Hall–Kier alpha value is -2.75. The van der Waals surface area contributed by atoms with Crippen molar-refractivity contribution in [1.29, 1.82) is 0 Å². The summed E-state index contributed by atoms with van der Waals surface area (Å²) >= 11 is 0. The number of fused-ring (bicyclic) bond motifs is 1. The van der Waals surface area contributed by atoms with Crippen molar-refractivity contribution in [3.8, 4) is 0 Å². The van der Waals surface area contributed by atoms with Gasteiger partial charge in [0.15, 0.2) is 0 Å². The van der Waals surface area contributed by atoms with Gasteiger partial charge in [0.1, 0.15) is 0 Å². The van der Waals surface area contributed by atoms with E-state index in [2.05, 4.69) is 34.3 Å². The molecule has 4 heteroatoms. The number of hydrogen-bond acceptors (Lipinski definition) is 2. The highest BCUT2D eigenvalue weighted by Crippen LogP contribution is 2.25. The van der Waals surface area contributed by atoms with Crippen LogP contribution in [0.4, 0.5) is 11.4 Å². The summed E-state index contributed by atoms with van der Waals surface area (Å²) < 4.78 is 0. The van der Waals surface area contributed by atoms with E-state index in [9.17, 15) is 4.79 Å². The van der Waals surface area contributed by atoms with Gasteiger partial charge in [0, 0.05) is 41.6 Å². The minimum Gasteiger partial charge on any atom is -0.372 e. The molecule has 0 saturated carbocycles. The van der Waals surface area contributed by atoms with Crippen molar-refractivity contribution in [2.45, 2.75) is 19.8 Å². The maximum absolute atomic E-state index is 12.6. The molecule has 1 saturated heterocycles. The fraction of sp³-hybridized carbons (Fsp3) is 0.286. The number of amides is 1. The van der Waals surface area contributed by atoms with E-state index in [0.717, 1.165) is 35.6 Å². The molecule has 0 spiro atoms. The number of nitrogens with zero attached hydrogens (tertiary/aromatic N) is 1. The van der Waals surface area contributed by atoms with Gasteiger partial charge in [-0.3, -0.25) is 4.79 Å². The molecule has 0 unspecified atom stereocenters. The van der Waals surface area contributed by atoms with Crippen molar-refractivity contribution in [3.05, 3.63) is 60.3 Å². The Kier molecular flexibility index (Phi) is 4.18. The minimum absolute atomic E-state index is 0.0861. The number of carbonyl (C=O) groups is 1. The summed E-state index contributed by atoms with van der Waals surface area (Å²) in [5.41, 5.74) is 3.70. The van der Waals surface area contributed by atoms with E-state index in [-0.39, 0.29) is 5.91 Å². The first-order valence-corrected chi connectivity index (χ1v) is 8.93. The molecule has 1 fully saturated rings. The third-order valence-corrected chi connectivity index (χ3v) is 5.11. The SMILES string of the molecule is CC1CCN(c2ccc(NC(=O)c3c[nH]c4ccccc34)cc2)CC1. The van der Waals surface area contributed by atoms with Gasteiger partial charge in [-0.25, -0.2) is 0 Å². The molecule has 1 amide bonds. The number of benzene rings is 2. The Morgan fingerprint density at radius 2 is 1.80 bits per heavy atom. The van der Waals surface area contributed by atoms with E-state index in [0.29, 0.717) is 5.56 Å². The average Bonchev–Trinajstić information content (AvgIpc) is 3.07. The van der Waals surface area contributed by atoms with Gasteiger partial charge >= 0.3 is 0 Å². The molecule has 0 atom stereocenters. The maximum atomic E-state index is 12.6. The Bertz CT molecular complexity index is 874. The number of H-pyrrole nitrogens is 1. The normalized spacial score (nSPS) is 15.5. The van der Waals surface area contributed by atoms with Crippen molar-refractivity contribution >= 4 is 28.2 Å². The summed E-state index contributed by atoms with van der Waals surface area (Å²) in [6.07, 6.45) is 4.27. The van der Waals surface area contributed by atoms with Crippen LogP contribution in [-0.4, -0.2) is 24.0 Å². The minimum atomic E-state index is -0.0861. The fourth-order valence-corrected chi connectivity index (χ4v) is 3.48. The largest absolute Gasteiger partial charge is 0.372 e. The second-order valence-corrected chi connectivity index (χ2v) is 6.92. The lowest BCUT2D eigenvalue weighted by Crippen LogP contribution is -2.32. The van der Waals surface area contributed by atoms with Gasteiger partial charge in [-0.15, -0.1) is 0 Å². The Balaban J connectivity index is 1.46. The smallest absolute Gasteiger partial charge is 0.257 e. The van der Waals surface area contributed by atoms with E-state index >= 15 is 0 Å². The monoisotopic (exact) mass is 333 g/mol. The van der Waals surface area contributed by atoms with Crippen LogP contribution >= 0.6 is 0 Å². The number of nitrogens with one attached hydrogen (secondary N) is 2. The highest BCUT2D eigenvalue weighted by Gasteiger charge is 2.16. The Morgan fingerprint density at radius 3 is 2.56 bits per heavy atom. The number of rotatable bonds is 3. The quantitative estimate of drug-likeness (QED) is 0.732. The summed E-state index contributed by atoms with van der Waals surface area (Å²) in [6, 6.07) is 16.0. The highest BCUT2D eigenvalue weighted by molar-refractivity contribution is 6.12. The van der Waals surface area contributed by atoms with Gasteiger partial charge < -0.3 is 15.2 Å². The first-order valence-electron chi connectivity index (χ1n) is 8.93. The number of aromatic nitrogens is 1. The summed E-state index contributed by atoms with van der Waals surface area (Å²) in [6.45, 7) is 4.55. The number of carbonyl (C=O) groups excluding carboxylic acids is 1. The molecular formula is C21H23N3O. The summed E-state index contributed by atoms with van der Waals surface area (Å²) in [5, 5.41) is 3.94. The van der Waals surface area contributed by atoms with Crippen LogP contribution < -0.4 is 10.2 Å². The maximum Gasteiger partial charge on any atom is 0.257 e. The van der Waals surface area contributed by atoms with Crippen molar-refractivity contribution in [2.24, 2.45) is 5.92 Å². The molecule has 1 aliphatic heterocycles. The number of para-hydroxylation sites is 1. The molecule has 0 aliphatic carbocycles. The zero-order valence-corrected chi connectivity index (χ0v) is 14.5. The molecule has 4 nitrogen and oxygen atoms in total. The van der Waals surface area contributed by atoms with E-state index in [1.165, 1.54) is 18.5 Å². The predicted molar refractivity (Wildman–Crippen MR) is 103 cm³/mol. The Morgan fingerprint density at radius 1 is 1.08 bits per heavy atom. The molecule has 128 valence electrons. The van der Waals surface area contributed by atoms with Crippen LogP contribution in [0.2, 0.25) is 0 Å². The highest BCUT2D eigenvalue weighted by atomic mass is 16.1. The first-order chi connectivity index (χ1) is 12.2. The molecule has 0 bridgehead atoms. The molecule has 2 aromatic carbocycles. The van der Waals surface area contributed by atoms with Gasteiger partial charge in [0.2, 0.25) is 0 Å². The molecule has 0 radical (unpaired) electrons. The van der Waals surface area contributed by atoms with Crippen molar-refractivity contribution in [2.75, 3.05) is 23.3 Å². The number of piperidine rings is 1. The third kappa shape index (κ3) is 3.25. The zero-order valence-electron chi connectivity index (χ0n) is 14.5. The van der Waals surface area contributed by atoms with Crippen LogP contribution in [0, 0.1) is 5.92 Å². The van der Waals surface area contributed by atoms with E-state index in [1.807, 2.05) is 36.4 Å². The topological polar surface area (TPSA) is 48.1 Å². The fourth-order valence-electron chi connectivity index (χ4n) is 3.48. The van der Waals surface area contributed by atoms with Crippen LogP contribution in [0.1, 0.15) is 30.1 Å². The lowest BCUT2D eigenvalue weighted by molar-refractivity contribution is 0.102. The molecule has 2 heterocycles. The molecule has 25 heavy (non-hydrogen) atoms. The van der Waals surface area contributed by atoms with Crippen molar-refractivity contribution in [1.82, 2.24) is 4.98 Å². The van der Waals surface area contributed by atoms with Crippen LogP contribution in [0.15, 0.2) is 54.7 Å².